The molecule has 0 saturated heterocycles. The molecule has 11 heteroatoms. The third-order valence-electron chi connectivity index (χ3n) is 3.79. The smallest absolute Gasteiger partial charge is 0.422 e. The van der Waals surface area contributed by atoms with Crippen molar-refractivity contribution in [2.75, 3.05) is 6.61 Å². The molecule has 1 aliphatic rings. The maximum absolute atomic E-state index is 14.3. The normalized spacial score (nSPS) is 14.5. The molecule has 2 aromatic rings. The van der Waals surface area contributed by atoms with Crippen molar-refractivity contribution in [2.24, 2.45) is 0 Å². The predicted molar refractivity (Wildman–Crippen MR) is 79.3 cm³/mol. The van der Waals surface area contributed by atoms with Crippen molar-refractivity contribution in [3.63, 3.8) is 0 Å². The summed E-state index contributed by atoms with van der Waals surface area (Å²) in [5, 5.41) is 13.0. The van der Waals surface area contributed by atoms with Crippen LogP contribution in [0.5, 0.6) is 5.75 Å². The summed E-state index contributed by atoms with van der Waals surface area (Å²) in [7, 11) is 0. The van der Waals surface area contributed by atoms with Crippen molar-refractivity contribution in [1.82, 2.24) is 14.3 Å². The van der Waals surface area contributed by atoms with Gasteiger partial charge in [0, 0.05) is 12.1 Å². The lowest BCUT2D eigenvalue weighted by molar-refractivity contribution is -0.153. The van der Waals surface area contributed by atoms with Gasteiger partial charge >= 0.3 is 17.8 Å². The lowest BCUT2D eigenvalue weighted by atomic mass is 10.1. The van der Waals surface area contributed by atoms with Gasteiger partial charge in [-0.3, -0.25) is 4.57 Å². The van der Waals surface area contributed by atoms with Crippen LogP contribution in [-0.4, -0.2) is 38.2 Å². The van der Waals surface area contributed by atoms with Gasteiger partial charge in [-0.25, -0.2) is 14.0 Å². The van der Waals surface area contributed by atoms with Gasteiger partial charge in [-0.15, -0.1) is 0 Å². The Morgan fingerprint density at radius 2 is 2.04 bits per heavy atom. The SMILES string of the molecule is Cc1nn(-c2cc(OCC(F)(F)F)c(C(=O)O)cc2F)c(=O)n1C1CC1. The van der Waals surface area contributed by atoms with Crippen molar-refractivity contribution in [2.45, 2.75) is 32.0 Å². The highest BCUT2D eigenvalue weighted by molar-refractivity contribution is 5.91. The summed E-state index contributed by atoms with van der Waals surface area (Å²) in [6.45, 7) is -0.219. The molecule has 1 aromatic carbocycles. The first-order valence-electron chi connectivity index (χ1n) is 7.53. The number of carboxylic acids is 1. The van der Waals surface area contributed by atoms with Crippen molar-refractivity contribution in [3.05, 3.63) is 39.8 Å². The van der Waals surface area contributed by atoms with Gasteiger partial charge in [-0.05, 0) is 25.8 Å². The molecule has 3 rings (SSSR count). The summed E-state index contributed by atoms with van der Waals surface area (Å²) in [5.74, 6) is -3.18. The number of ether oxygens (including phenoxy) is 1. The number of aromatic nitrogens is 3. The Bertz CT molecular complexity index is 928. The number of aryl methyl sites for hydroxylation is 1. The Labute approximate surface area is 143 Å². The molecule has 0 unspecified atom stereocenters. The standard InChI is InChI=1S/C15H13F4N3O4/c1-7-20-22(14(25)21(7)8-2-3-8)11-5-12(26-6-15(17,18)19)9(13(23)24)4-10(11)16/h4-5,8H,2-3,6H2,1H3,(H,23,24). The number of hydrogen-bond donors (Lipinski definition) is 1. The Hall–Kier alpha value is -2.85. The van der Waals surface area contributed by atoms with Gasteiger partial charge in [0.05, 0.1) is 0 Å². The Morgan fingerprint density at radius 3 is 2.58 bits per heavy atom. The second-order valence-corrected chi connectivity index (χ2v) is 5.85. The molecule has 1 fully saturated rings. The summed E-state index contributed by atoms with van der Waals surface area (Å²) in [5.41, 5.74) is -1.93. The second-order valence-electron chi connectivity index (χ2n) is 5.85. The first-order chi connectivity index (χ1) is 12.1. The van der Waals surface area contributed by atoms with Crippen molar-refractivity contribution in [3.8, 4) is 11.4 Å². The molecule has 0 amide bonds. The number of aromatic carboxylic acids is 1. The zero-order valence-corrected chi connectivity index (χ0v) is 13.4. The van der Waals surface area contributed by atoms with Gasteiger partial charge in [0.2, 0.25) is 0 Å². The summed E-state index contributed by atoms with van der Waals surface area (Å²) in [6, 6.07) is 1.19. The van der Waals surface area contributed by atoms with Crippen LogP contribution in [0, 0.1) is 12.7 Å². The molecule has 1 saturated carbocycles. The van der Waals surface area contributed by atoms with Crippen molar-refractivity contribution >= 4 is 5.97 Å². The number of halogens is 4. The van der Waals surface area contributed by atoms with E-state index in [1.165, 1.54) is 4.57 Å². The van der Waals surface area contributed by atoms with Crippen LogP contribution in [0.15, 0.2) is 16.9 Å². The van der Waals surface area contributed by atoms with Crippen LogP contribution >= 0.6 is 0 Å². The molecule has 1 heterocycles. The molecular weight excluding hydrogens is 362 g/mol. The highest BCUT2D eigenvalue weighted by atomic mass is 19.4. The third-order valence-corrected chi connectivity index (χ3v) is 3.79. The fourth-order valence-electron chi connectivity index (χ4n) is 2.54. The van der Waals surface area contributed by atoms with E-state index in [4.69, 9.17) is 5.11 Å². The van der Waals surface area contributed by atoms with E-state index in [0.29, 0.717) is 16.6 Å². The van der Waals surface area contributed by atoms with Gasteiger partial charge < -0.3 is 9.84 Å². The van der Waals surface area contributed by atoms with E-state index in [9.17, 15) is 27.2 Å². The Balaban J connectivity index is 2.09. The molecule has 0 aliphatic heterocycles. The van der Waals surface area contributed by atoms with Gasteiger partial charge in [0.1, 0.15) is 28.6 Å². The zero-order chi connectivity index (χ0) is 19.2. The maximum atomic E-state index is 14.3. The molecule has 140 valence electrons. The van der Waals surface area contributed by atoms with E-state index in [1.54, 1.807) is 6.92 Å². The molecule has 1 aliphatic carbocycles. The van der Waals surface area contributed by atoms with Gasteiger partial charge in [0.15, 0.2) is 6.61 Å². The van der Waals surface area contributed by atoms with E-state index >= 15 is 0 Å². The molecule has 0 radical (unpaired) electrons. The molecule has 0 bridgehead atoms. The van der Waals surface area contributed by atoms with Crippen LogP contribution in [0.4, 0.5) is 17.6 Å². The minimum Gasteiger partial charge on any atom is -0.483 e. The molecule has 7 nitrogen and oxygen atoms in total. The molecule has 1 N–H and O–H groups in total. The number of rotatable bonds is 5. The predicted octanol–water partition coefficient (Wildman–Crippen LogP) is 2.46. The Morgan fingerprint density at radius 1 is 1.38 bits per heavy atom. The summed E-state index contributed by atoms with van der Waals surface area (Å²) < 4.78 is 58.0. The van der Waals surface area contributed by atoms with Crippen LogP contribution in [0.1, 0.15) is 35.1 Å². The van der Waals surface area contributed by atoms with E-state index in [-0.39, 0.29) is 6.04 Å². The number of carboxylic acid groups (broad SMARTS) is 1. The van der Waals surface area contributed by atoms with Crippen LogP contribution in [0.2, 0.25) is 0 Å². The summed E-state index contributed by atoms with van der Waals surface area (Å²) >= 11 is 0. The van der Waals surface area contributed by atoms with Crippen LogP contribution < -0.4 is 10.4 Å². The quantitative estimate of drug-likeness (QED) is 0.812. The van der Waals surface area contributed by atoms with Gasteiger partial charge in [-0.1, -0.05) is 0 Å². The van der Waals surface area contributed by atoms with Crippen LogP contribution in [0.3, 0.4) is 0 Å². The van der Waals surface area contributed by atoms with E-state index in [2.05, 4.69) is 9.84 Å². The lowest BCUT2D eigenvalue weighted by Crippen LogP contribution is -2.25. The van der Waals surface area contributed by atoms with E-state index in [0.717, 1.165) is 18.9 Å². The maximum Gasteiger partial charge on any atom is 0.422 e. The fraction of sp³-hybridized carbons (Fsp3) is 0.400. The van der Waals surface area contributed by atoms with Crippen LogP contribution in [0.25, 0.3) is 5.69 Å². The van der Waals surface area contributed by atoms with Crippen molar-refractivity contribution in [1.29, 1.82) is 0 Å². The minimum atomic E-state index is -4.72. The number of hydrogen-bond acceptors (Lipinski definition) is 4. The number of alkyl halides is 3. The van der Waals surface area contributed by atoms with Crippen LogP contribution in [-0.2, 0) is 0 Å². The Kier molecular flexibility index (Phi) is 4.24. The lowest BCUT2D eigenvalue weighted by Gasteiger charge is -2.13. The highest BCUT2D eigenvalue weighted by Crippen LogP contribution is 2.34. The third kappa shape index (κ3) is 3.41. The number of nitrogens with zero attached hydrogens (tertiary/aromatic N) is 3. The fourth-order valence-corrected chi connectivity index (χ4v) is 2.54. The highest BCUT2D eigenvalue weighted by Gasteiger charge is 2.31. The van der Waals surface area contributed by atoms with E-state index in [1.807, 2.05) is 0 Å². The first kappa shape index (κ1) is 18.0. The number of carbonyl (C=O) groups is 1. The summed E-state index contributed by atoms with van der Waals surface area (Å²) in [6.07, 6.45) is -3.18. The first-order valence-corrected chi connectivity index (χ1v) is 7.53. The van der Waals surface area contributed by atoms with E-state index < -0.39 is 47.3 Å². The molecule has 0 atom stereocenters. The average Bonchev–Trinajstić information content (AvgIpc) is 3.31. The molecule has 1 aromatic heterocycles. The average molecular weight is 375 g/mol. The second kappa shape index (κ2) is 6.15. The summed E-state index contributed by atoms with van der Waals surface area (Å²) in [4.78, 5) is 23.6. The molecule has 26 heavy (non-hydrogen) atoms. The molecular formula is C15H13F4N3O4. The van der Waals surface area contributed by atoms with Gasteiger partial charge in [0.25, 0.3) is 0 Å². The number of benzene rings is 1. The zero-order valence-electron chi connectivity index (χ0n) is 13.4. The largest absolute Gasteiger partial charge is 0.483 e. The molecule has 0 spiro atoms. The topological polar surface area (TPSA) is 86.4 Å². The van der Waals surface area contributed by atoms with Crippen molar-refractivity contribution < 1.29 is 32.2 Å². The monoisotopic (exact) mass is 375 g/mol. The van der Waals surface area contributed by atoms with Gasteiger partial charge in [-0.2, -0.15) is 23.0 Å². The minimum absolute atomic E-state index is 0.0430.